The Balaban J connectivity index is 1.85. The molecule has 1 heterocycles. The summed E-state index contributed by atoms with van der Waals surface area (Å²) in [5, 5.41) is 2.96. The summed E-state index contributed by atoms with van der Waals surface area (Å²) >= 11 is 3.38. The van der Waals surface area contributed by atoms with Crippen LogP contribution in [0.2, 0.25) is 0 Å². The van der Waals surface area contributed by atoms with Crippen LogP contribution in [0.4, 0.5) is 0 Å². The third-order valence-corrected chi connectivity index (χ3v) is 3.62. The predicted octanol–water partition coefficient (Wildman–Crippen LogP) is 2.49. The fraction of sp³-hybridized carbons (Fsp3) is 0.462. The van der Waals surface area contributed by atoms with Crippen molar-refractivity contribution in [1.29, 1.82) is 0 Å². The van der Waals surface area contributed by atoms with E-state index in [0.29, 0.717) is 13.2 Å². The number of rotatable bonds is 3. The summed E-state index contributed by atoms with van der Waals surface area (Å²) in [6.07, 6.45) is 0.868. The lowest BCUT2D eigenvalue weighted by Crippen LogP contribution is -2.33. The lowest BCUT2D eigenvalue weighted by Gasteiger charge is -2.14. The van der Waals surface area contributed by atoms with Gasteiger partial charge in [-0.1, -0.05) is 28.1 Å². The van der Waals surface area contributed by atoms with Gasteiger partial charge in [0.05, 0.1) is 12.0 Å². The zero-order valence-electron chi connectivity index (χ0n) is 9.78. The molecule has 1 aliphatic heterocycles. The summed E-state index contributed by atoms with van der Waals surface area (Å²) in [5.41, 5.74) is 1.10. The SMILES string of the molecule is CC1OCCC1C(=O)NCc1ccc(Br)cc1. The van der Waals surface area contributed by atoms with Gasteiger partial charge in [-0.25, -0.2) is 0 Å². The molecule has 1 amide bonds. The molecule has 1 aromatic carbocycles. The second-order valence-corrected chi connectivity index (χ2v) is 5.23. The van der Waals surface area contributed by atoms with Crippen LogP contribution in [0.25, 0.3) is 0 Å². The molecule has 0 radical (unpaired) electrons. The van der Waals surface area contributed by atoms with E-state index in [2.05, 4.69) is 21.2 Å². The Morgan fingerprint density at radius 2 is 2.18 bits per heavy atom. The van der Waals surface area contributed by atoms with E-state index in [9.17, 15) is 4.79 Å². The topological polar surface area (TPSA) is 38.3 Å². The first-order valence-corrected chi connectivity index (χ1v) is 6.60. The monoisotopic (exact) mass is 297 g/mol. The van der Waals surface area contributed by atoms with Crippen molar-refractivity contribution in [3.8, 4) is 0 Å². The number of hydrogen-bond donors (Lipinski definition) is 1. The maximum Gasteiger partial charge on any atom is 0.226 e. The second-order valence-electron chi connectivity index (χ2n) is 4.32. The van der Waals surface area contributed by atoms with Crippen molar-refractivity contribution in [2.24, 2.45) is 5.92 Å². The van der Waals surface area contributed by atoms with E-state index in [0.717, 1.165) is 16.5 Å². The number of halogens is 1. The van der Waals surface area contributed by atoms with Gasteiger partial charge in [-0.05, 0) is 31.0 Å². The van der Waals surface area contributed by atoms with Crippen molar-refractivity contribution in [1.82, 2.24) is 5.32 Å². The Morgan fingerprint density at radius 3 is 2.76 bits per heavy atom. The van der Waals surface area contributed by atoms with E-state index in [1.54, 1.807) is 0 Å². The molecule has 1 N–H and O–H groups in total. The van der Waals surface area contributed by atoms with Crippen molar-refractivity contribution in [3.05, 3.63) is 34.3 Å². The smallest absolute Gasteiger partial charge is 0.226 e. The molecule has 1 saturated heterocycles. The average molecular weight is 298 g/mol. The van der Waals surface area contributed by atoms with Crippen LogP contribution >= 0.6 is 15.9 Å². The Bertz CT molecular complexity index is 391. The number of ether oxygens (including phenoxy) is 1. The molecule has 3 nitrogen and oxygen atoms in total. The Hall–Kier alpha value is -0.870. The molecule has 1 aliphatic rings. The highest BCUT2D eigenvalue weighted by molar-refractivity contribution is 9.10. The minimum absolute atomic E-state index is 0.00504. The van der Waals surface area contributed by atoms with Gasteiger partial charge >= 0.3 is 0 Å². The number of amides is 1. The molecule has 1 aromatic rings. The fourth-order valence-electron chi connectivity index (χ4n) is 2.00. The van der Waals surface area contributed by atoms with Crippen LogP contribution in [0.1, 0.15) is 18.9 Å². The highest BCUT2D eigenvalue weighted by Crippen LogP contribution is 2.20. The van der Waals surface area contributed by atoms with Crippen molar-refractivity contribution in [3.63, 3.8) is 0 Å². The van der Waals surface area contributed by atoms with Crippen LogP contribution in [0.15, 0.2) is 28.7 Å². The van der Waals surface area contributed by atoms with E-state index >= 15 is 0 Å². The summed E-state index contributed by atoms with van der Waals surface area (Å²) < 4.78 is 6.43. The van der Waals surface area contributed by atoms with Crippen LogP contribution in [-0.2, 0) is 16.1 Å². The number of nitrogens with one attached hydrogen (secondary N) is 1. The summed E-state index contributed by atoms with van der Waals surface area (Å²) in [7, 11) is 0. The lowest BCUT2D eigenvalue weighted by atomic mass is 10.0. The Kier molecular flexibility index (Phi) is 4.18. The molecular formula is C13H16BrNO2. The van der Waals surface area contributed by atoms with Crippen LogP contribution in [0.3, 0.4) is 0 Å². The zero-order valence-corrected chi connectivity index (χ0v) is 11.4. The van der Waals surface area contributed by atoms with E-state index in [4.69, 9.17) is 4.74 Å². The molecular weight excluding hydrogens is 282 g/mol. The molecule has 4 heteroatoms. The Morgan fingerprint density at radius 1 is 1.47 bits per heavy atom. The first kappa shape index (κ1) is 12.6. The van der Waals surface area contributed by atoms with Gasteiger partial charge in [-0.2, -0.15) is 0 Å². The summed E-state index contributed by atoms with van der Waals surface area (Å²) in [5.74, 6) is 0.100. The highest BCUT2D eigenvalue weighted by atomic mass is 79.9. The molecule has 92 valence electrons. The van der Waals surface area contributed by atoms with Crippen molar-refractivity contribution in [2.75, 3.05) is 6.61 Å². The minimum Gasteiger partial charge on any atom is -0.378 e. The standard InChI is InChI=1S/C13H16BrNO2/c1-9-12(6-7-17-9)13(16)15-8-10-2-4-11(14)5-3-10/h2-5,9,12H,6-8H2,1H3,(H,15,16). The van der Waals surface area contributed by atoms with Crippen LogP contribution < -0.4 is 5.32 Å². The van der Waals surface area contributed by atoms with E-state index in [1.807, 2.05) is 31.2 Å². The largest absolute Gasteiger partial charge is 0.378 e. The molecule has 2 atom stereocenters. The van der Waals surface area contributed by atoms with Crippen LogP contribution in [0.5, 0.6) is 0 Å². The van der Waals surface area contributed by atoms with E-state index in [1.165, 1.54) is 0 Å². The molecule has 0 aliphatic carbocycles. The second kappa shape index (κ2) is 5.65. The fourth-order valence-corrected chi connectivity index (χ4v) is 2.26. The quantitative estimate of drug-likeness (QED) is 0.931. The Labute approximate surface area is 110 Å². The number of benzene rings is 1. The highest BCUT2D eigenvalue weighted by Gasteiger charge is 2.30. The molecule has 1 fully saturated rings. The normalized spacial score (nSPS) is 23.6. The van der Waals surface area contributed by atoms with Gasteiger partial charge < -0.3 is 10.1 Å². The van der Waals surface area contributed by atoms with Crippen LogP contribution in [0, 0.1) is 5.92 Å². The third-order valence-electron chi connectivity index (χ3n) is 3.09. The van der Waals surface area contributed by atoms with E-state index in [-0.39, 0.29) is 17.9 Å². The molecule has 0 aromatic heterocycles. The molecule has 2 unspecified atom stereocenters. The number of hydrogen-bond acceptors (Lipinski definition) is 2. The average Bonchev–Trinajstić information content (AvgIpc) is 2.74. The van der Waals surface area contributed by atoms with Crippen molar-refractivity contribution >= 4 is 21.8 Å². The van der Waals surface area contributed by atoms with Crippen molar-refractivity contribution < 1.29 is 9.53 Å². The first-order chi connectivity index (χ1) is 8.16. The molecule has 17 heavy (non-hydrogen) atoms. The number of carbonyl (C=O) groups is 1. The van der Waals surface area contributed by atoms with Gasteiger partial charge in [0.2, 0.25) is 5.91 Å². The first-order valence-electron chi connectivity index (χ1n) is 5.80. The predicted molar refractivity (Wildman–Crippen MR) is 69.5 cm³/mol. The summed E-state index contributed by atoms with van der Waals surface area (Å²) in [6.45, 7) is 3.23. The molecule has 2 rings (SSSR count). The molecule has 0 spiro atoms. The van der Waals surface area contributed by atoms with Gasteiger partial charge in [-0.15, -0.1) is 0 Å². The van der Waals surface area contributed by atoms with Gasteiger partial charge in [0.1, 0.15) is 0 Å². The zero-order chi connectivity index (χ0) is 12.3. The van der Waals surface area contributed by atoms with Gasteiger partial charge in [0.15, 0.2) is 0 Å². The summed E-state index contributed by atoms with van der Waals surface area (Å²) in [6, 6.07) is 7.95. The summed E-state index contributed by atoms with van der Waals surface area (Å²) in [4.78, 5) is 11.9. The van der Waals surface area contributed by atoms with E-state index < -0.39 is 0 Å². The maximum absolute atomic E-state index is 11.9. The molecule has 0 bridgehead atoms. The maximum atomic E-state index is 11.9. The van der Waals surface area contributed by atoms with Crippen LogP contribution in [-0.4, -0.2) is 18.6 Å². The third kappa shape index (κ3) is 3.30. The molecule has 0 saturated carbocycles. The minimum atomic E-state index is 0.00504. The lowest BCUT2D eigenvalue weighted by molar-refractivity contribution is -0.126. The van der Waals surface area contributed by atoms with Gasteiger partial charge in [0, 0.05) is 17.6 Å². The van der Waals surface area contributed by atoms with Gasteiger partial charge in [-0.3, -0.25) is 4.79 Å². The number of carbonyl (C=O) groups excluding carboxylic acids is 1. The van der Waals surface area contributed by atoms with Gasteiger partial charge in [0.25, 0.3) is 0 Å². The van der Waals surface area contributed by atoms with Crippen molar-refractivity contribution in [2.45, 2.75) is 26.0 Å².